The van der Waals surface area contributed by atoms with Gasteiger partial charge in [0.25, 0.3) is 0 Å². The van der Waals surface area contributed by atoms with E-state index < -0.39 is 5.25 Å². The van der Waals surface area contributed by atoms with Crippen LogP contribution in [0.1, 0.15) is 23.1 Å². The summed E-state index contributed by atoms with van der Waals surface area (Å²) in [7, 11) is 0. The second-order valence-electron chi connectivity index (χ2n) is 6.41. The molecule has 1 saturated heterocycles. The summed E-state index contributed by atoms with van der Waals surface area (Å²) in [6, 6.07) is 11.8. The predicted molar refractivity (Wildman–Crippen MR) is 106 cm³/mol. The summed E-state index contributed by atoms with van der Waals surface area (Å²) in [5.41, 5.74) is 3.70. The third-order valence-corrected chi connectivity index (χ3v) is 5.24. The maximum absolute atomic E-state index is 12.9. The van der Waals surface area contributed by atoms with Gasteiger partial charge in [-0.1, -0.05) is 41.6 Å². The zero-order valence-electron chi connectivity index (χ0n) is 15.1. The summed E-state index contributed by atoms with van der Waals surface area (Å²) in [6.45, 7) is 4.26. The number of anilines is 1. The van der Waals surface area contributed by atoms with Crippen LogP contribution in [-0.2, 0) is 16.1 Å². The van der Waals surface area contributed by atoms with E-state index in [2.05, 4.69) is 15.6 Å². The molecule has 1 atom stereocenters. The van der Waals surface area contributed by atoms with Crippen molar-refractivity contribution in [1.82, 2.24) is 5.32 Å². The van der Waals surface area contributed by atoms with Gasteiger partial charge in [0.1, 0.15) is 11.1 Å². The molecule has 0 saturated carbocycles. The summed E-state index contributed by atoms with van der Waals surface area (Å²) in [5.74, 6) is -0.743. The zero-order valence-corrected chi connectivity index (χ0v) is 15.9. The maximum atomic E-state index is 12.9. The third kappa shape index (κ3) is 5.17. The molecule has 1 aliphatic heterocycles. The molecule has 2 amide bonds. The van der Waals surface area contributed by atoms with Gasteiger partial charge >= 0.3 is 0 Å². The molecule has 2 aromatic carbocycles. The van der Waals surface area contributed by atoms with Crippen molar-refractivity contribution in [2.45, 2.75) is 32.1 Å². The highest BCUT2D eigenvalue weighted by Gasteiger charge is 2.32. The standard InChI is InChI=1S/C20H20FN3O2S/c1-12-3-8-16(13(2)9-12)23-18(25)10-17-19(26)24-20(27-17)22-11-14-4-6-15(21)7-5-14/h3-9,17H,10-11H2,1-2H3,(H,23,25)(H,22,24,26)/t17-/m1/s1. The van der Waals surface area contributed by atoms with E-state index in [1.54, 1.807) is 12.1 Å². The molecule has 140 valence electrons. The lowest BCUT2D eigenvalue weighted by Gasteiger charge is -2.10. The maximum Gasteiger partial charge on any atom is 0.240 e. The van der Waals surface area contributed by atoms with E-state index in [0.29, 0.717) is 11.7 Å². The number of halogens is 1. The van der Waals surface area contributed by atoms with Crippen molar-refractivity contribution in [1.29, 1.82) is 0 Å². The minimum atomic E-state index is -0.511. The second kappa shape index (κ2) is 8.35. The summed E-state index contributed by atoms with van der Waals surface area (Å²) < 4.78 is 12.9. The van der Waals surface area contributed by atoms with Crippen LogP contribution in [0.3, 0.4) is 0 Å². The molecule has 7 heteroatoms. The van der Waals surface area contributed by atoms with Crippen molar-refractivity contribution in [3.05, 3.63) is 65.0 Å². The number of carbonyl (C=O) groups excluding carboxylic acids is 2. The van der Waals surface area contributed by atoms with E-state index in [1.807, 2.05) is 32.0 Å². The molecule has 0 bridgehead atoms. The monoisotopic (exact) mass is 385 g/mol. The quantitative estimate of drug-likeness (QED) is 0.827. The van der Waals surface area contributed by atoms with E-state index in [1.165, 1.54) is 23.9 Å². The van der Waals surface area contributed by atoms with Crippen molar-refractivity contribution in [3.8, 4) is 0 Å². The molecular formula is C20H20FN3O2S. The van der Waals surface area contributed by atoms with Gasteiger partial charge in [-0.2, -0.15) is 0 Å². The van der Waals surface area contributed by atoms with Crippen LogP contribution in [0.15, 0.2) is 47.5 Å². The van der Waals surface area contributed by atoms with E-state index in [9.17, 15) is 14.0 Å². The number of nitrogens with zero attached hydrogens (tertiary/aromatic N) is 1. The Bertz CT molecular complexity index is 897. The SMILES string of the molecule is Cc1ccc(NC(=O)C[C@H]2SC(=NCc3ccc(F)cc3)NC2=O)c(C)c1. The number of hydrogen-bond donors (Lipinski definition) is 2. The fourth-order valence-electron chi connectivity index (χ4n) is 2.69. The van der Waals surface area contributed by atoms with Gasteiger partial charge in [-0.25, -0.2) is 4.39 Å². The normalized spacial score (nSPS) is 17.8. The number of thioether (sulfide) groups is 1. The lowest BCUT2D eigenvalue weighted by Crippen LogP contribution is -2.28. The van der Waals surface area contributed by atoms with Crippen LogP contribution in [0.2, 0.25) is 0 Å². The number of aliphatic imine (C=N–C) groups is 1. The van der Waals surface area contributed by atoms with E-state index >= 15 is 0 Å². The van der Waals surface area contributed by atoms with Crippen molar-refractivity contribution in [2.24, 2.45) is 4.99 Å². The summed E-state index contributed by atoms with van der Waals surface area (Å²) in [5, 5.41) is 5.52. The van der Waals surface area contributed by atoms with Gasteiger partial charge in [0.05, 0.1) is 6.54 Å². The van der Waals surface area contributed by atoms with Crippen molar-refractivity contribution >= 4 is 34.4 Å². The molecule has 0 spiro atoms. The molecule has 1 aliphatic rings. The first-order chi connectivity index (χ1) is 12.9. The Labute approximate surface area is 161 Å². The molecule has 1 fully saturated rings. The zero-order chi connectivity index (χ0) is 19.4. The molecule has 2 N–H and O–H groups in total. The van der Waals surface area contributed by atoms with Gasteiger partial charge in [0, 0.05) is 12.1 Å². The van der Waals surface area contributed by atoms with Crippen molar-refractivity contribution < 1.29 is 14.0 Å². The van der Waals surface area contributed by atoms with E-state index in [0.717, 1.165) is 22.4 Å². The smallest absolute Gasteiger partial charge is 0.240 e. The van der Waals surface area contributed by atoms with Gasteiger partial charge in [-0.3, -0.25) is 14.6 Å². The lowest BCUT2D eigenvalue weighted by molar-refractivity contribution is -0.122. The Morgan fingerprint density at radius 3 is 2.67 bits per heavy atom. The van der Waals surface area contributed by atoms with Crippen molar-refractivity contribution in [3.63, 3.8) is 0 Å². The van der Waals surface area contributed by atoms with Crippen LogP contribution < -0.4 is 10.6 Å². The molecule has 5 nitrogen and oxygen atoms in total. The van der Waals surface area contributed by atoms with Gasteiger partial charge in [0.2, 0.25) is 11.8 Å². The molecule has 1 heterocycles. The number of benzene rings is 2. The summed E-state index contributed by atoms with van der Waals surface area (Å²) >= 11 is 1.24. The molecule has 27 heavy (non-hydrogen) atoms. The molecule has 0 radical (unpaired) electrons. The average molecular weight is 385 g/mol. The Hall–Kier alpha value is -2.67. The second-order valence-corrected chi connectivity index (χ2v) is 7.61. The number of carbonyl (C=O) groups is 2. The van der Waals surface area contributed by atoms with Crippen molar-refractivity contribution in [2.75, 3.05) is 5.32 Å². The van der Waals surface area contributed by atoms with Crippen LogP contribution in [0.25, 0.3) is 0 Å². The molecule has 2 aromatic rings. The first-order valence-electron chi connectivity index (χ1n) is 8.54. The minimum Gasteiger partial charge on any atom is -0.326 e. The van der Waals surface area contributed by atoms with Gasteiger partial charge < -0.3 is 10.6 Å². The number of amides is 2. The minimum absolute atomic E-state index is 0.0688. The van der Waals surface area contributed by atoms with Crippen LogP contribution in [0.5, 0.6) is 0 Å². The molecule has 3 rings (SSSR count). The van der Waals surface area contributed by atoms with Crippen LogP contribution in [-0.4, -0.2) is 22.2 Å². The fraction of sp³-hybridized carbons (Fsp3) is 0.250. The van der Waals surface area contributed by atoms with Crippen LogP contribution in [0, 0.1) is 19.7 Å². The number of hydrogen-bond acceptors (Lipinski definition) is 4. The van der Waals surface area contributed by atoms with Crippen LogP contribution >= 0.6 is 11.8 Å². The largest absolute Gasteiger partial charge is 0.326 e. The Balaban J connectivity index is 1.56. The van der Waals surface area contributed by atoms with Gasteiger partial charge in [-0.05, 0) is 43.2 Å². The lowest BCUT2D eigenvalue weighted by atomic mass is 10.1. The highest BCUT2D eigenvalue weighted by Crippen LogP contribution is 2.24. The number of amidine groups is 1. The van der Waals surface area contributed by atoms with E-state index in [4.69, 9.17) is 0 Å². The summed E-state index contributed by atoms with van der Waals surface area (Å²) in [6.07, 6.45) is 0.0688. The van der Waals surface area contributed by atoms with E-state index in [-0.39, 0.29) is 24.1 Å². The first kappa shape index (κ1) is 19.1. The van der Waals surface area contributed by atoms with Crippen LogP contribution in [0.4, 0.5) is 10.1 Å². The topological polar surface area (TPSA) is 70.6 Å². The predicted octanol–water partition coefficient (Wildman–Crippen LogP) is 3.56. The average Bonchev–Trinajstić information content (AvgIpc) is 2.96. The molecule has 0 aromatic heterocycles. The molecular weight excluding hydrogens is 365 g/mol. The highest BCUT2D eigenvalue weighted by molar-refractivity contribution is 8.15. The Morgan fingerprint density at radius 2 is 1.96 bits per heavy atom. The number of aryl methyl sites for hydroxylation is 2. The molecule has 0 aliphatic carbocycles. The summed E-state index contributed by atoms with van der Waals surface area (Å²) in [4.78, 5) is 28.7. The fourth-order valence-corrected chi connectivity index (χ4v) is 3.66. The number of nitrogens with one attached hydrogen (secondary N) is 2. The highest BCUT2D eigenvalue weighted by atomic mass is 32.2. The Morgan fingerprint density at radius 1 is 1.22 bits per heavy atom. The third-order valence-electron chi connectivity index (χ3n) is 4.12. The molecule has 0 unspecified atom stereocenters. The number of rotatable bonds is 5. The van der Waals surface area contributed by atoms with Gasteiger partial charge in [-0.15, -0.1) is 0 Å². The van der Waals surface area contributed by atoms with Gasteiger partial charge in [0.15, 0.2) is 5.17 Å². The first-order valence-corrected chi connectivity index (χ1v) is 9.42. The Kier molecular flexibility index (Phi) is 5.91.